The molecule has 2 aliphatic rings. The van der Waals surface area contributed by atoms with Gasteiger partial charge in [0.15, 0.2) is 5.84 Å². The second kappa shape index (κ2) is 7.13. The summed E-state index contributed by atoms with van der Waals surface area (Å²) in [6.45, 7) is 0. The molecular weight excluding hydrogens is 342 g/mol. The van der Waals surface area contributed by atoms with Gasteiger partial charge in [-0.2, -0.15) is 0 Å². The lowest BCUT2D eigenvalue weighted by molar-refractivity contribution is -0.126. The Balaban J connectivity index is 1.68. The van der Waals surface area contributed by atoms with E-state index in [1.165, 1.54) is 0 Å². The van der Waals surface area contributed by atoms with Crippen molar-refractivity contribution in [2.75, 3.05) is 0 Å². The van der Waals surface area contributed by atoms with Gasteiger partial charge in [0.25, 0.3) is 0 Å². The summed E-state index contributed by atoms with van der Waals surface area (Å²) in [5.74, 6) is 6.01. The normalized spacial score (nSPS) is 25.4. The van der Waals surface area contributed by atoms with Crippen LogP contribution in [-0.2, 0) is 9.59 Å². The van der Waals surface area contributed by atoms with Gasteiger partial charge in [0.2, 0.25) is 11.8 Å². The molecule has 2 aromatic rings. The molecule has 0 saturated carbocycles. The quantitative estimate of drug-likeness (QED) is 0.496. The fourth-order valence-corrected chi connectivity index (χ4v) is 3.45. The molecule has 136 valence electrons. The van der Waals surface area contributed by atoms with Crippen LogP contribution in [0.5, 0.6) is 0 Å². The number of amidine groups is 2. The number of hydrogen-bond donors (Lipinski definition) is 2. The van der Waals surface area contributed by atoms with Crippen LogP contribution in [0.25, 0.3) is 0 Å². The molecule has 3 N–H and O–H groups in total. The van der Waals surface area contributed by atoms with Crippen molar-refractivity contribution >= 4 is 23.5 Å². The van der Waals surface area contributed by atoms with Gasteiger partial charge in [-0.25, -0.2) is 10.9 Å². The second-order valence-electron chi connectivity index (χ2n) is 6.59. The average Bonchev–Trinajstić information content (AvgIpc) is 3.21. The largest absolute Gasteiger partial charge is 0.312 e. The van der Waals surface area contributed by atoms with E-state index < -0.39 is 0 Å². The van der Waals surface area contributed by atoms with Gasteiger partial charge >= 0.3 is 0 Å². The Labute approximate surface area is 156 Å². The summed E-state index contributed by atoms with van der Waals surface area (Å²) in [4.78, 5) is 24.0. The summed E-state index contributed by atoms with van der Waals surface area (Å²) in [7, 11) is 0. The number of nitrogens with zero attached hydrogens (tertiary/aromatic N) is 3. The van der Waals surface area contributed by atoms with Crippen LogP contribution < -0.4 is 11.2 Å². The monoisotopic (exact) mass is 361 g/mol. The van der Waals surface area contributed by atoms with Gasteiger partial charge in [0.1, 0.15) is 5.84 Å². The number of hydrazine groups is 1. The molecule has 0 aliphatic carbocycles. The summed E-state index contributed by atoms with van der Waals surface area (Å²) in [6.07, 6.45) is 0.569. The van der Waals surface area contributed by atoms with Gasteiger partial charge in [0, 0.05) is 12.8 Å². The third-order valence-electron chi connectivity index (χ3n) is 4.86. The lowest BCUT2D eigenvalue weighted by Gasteiger charge is -2.13. The minimum Gasteiger partial charge on any atom is -0.312 e. The molecule has 0 bridgehead atoms. The Hall–Kier alpha value is -3.32. The van der Waals surface area contributed by atoms with Crippen molar-refractivity contribution in [3.63, 3.8) is 0 Å². The Morgan fingerprint density at radius 1 is 0.852 bits per heavy atom. The number of carbonyl (C=O) groups is 2. The highest BCUT2D eigenvalue weighted by atomic mass is 16.2. The fraction of sp³-hybridized carbons (Fsp3) is 0.200. The number of carbonyl (C=O) groups excluding carboxylic acids is 2. The van der Waals surface area contributed by atoms with E-state index in [1.54, 1.807) is 0 Å². The summed E-state index contributed by atoms with van der Waals surface area (Å²) in [5, 5.41) is 12.4. The molecule has 2 unspecified atom stereocenters. The first-order valence-electron chi connectivity index (χ1n) is 8.76. The SMILES string of the molecule is NN1C(=O)CC(c2ccccc2)/C1=N\N=C1/NC(=O)CC1c1ccccc1. The maximum atomic E-state index is 12.1. The number of nitrogens with two attached hydrogens (primary N) is 1. The zero-order valence-electron chi connectivity index (χ0n) is 14.6. The third-order valence-corrected chi connectivity index (χ3v) is 4.86. The van der Waals surface area contributed by atoms with Crippen LogP contribution in [0.4, 0.5) is 0 Å². The Morgan fingerprint density at radius 3 is 2.07 bits per heavy atom. The van der Waals surface area contributed by atoms with E-state index in [0.717, 1.165) is 16.1 Å². The predicted molar refractivity (Wildman–Crippen MR) is 102 cm³/mol. The smallest absolute Gasteiger partial charge is 0.243 e. The first-order valence-corrected chi connectivity index (χ1v) is 8.76. The molecule has 2 fully saturated rings. The molecule has 2 aliphatic heterocycles. The molecule has 7 heteroatoms. The molecular formula is C20H19N5O2. The van der Waals surface area contributed by atoms with Crippen LogP contribution in [0.2, 0.25) is 0 Å². The topological polar surface area (TPSA) is 100 Å². The van der Waals surface area contributed by atoms with Crippen LogP contribution in [0.1, 0.15) is 35.8 Å². The summed E-state index contributed by atoms with van der Waals surface area (Å²) < 4.78 is 0. The van der Waals surface area contributed by atoms with Gasteiger partial charge in [-0.3, -0.25) is 9.59 Å². The lowest BCUT2D eigenvalue weighted by atomic mass is 9.97. The highest BCUT2D eigenvalue weighted by Crippen LogP contribution is 2.30. The van der Waals surface area contributed by atoms with Crippen LogP contribution in [0.3, 0.4) is 0 Å². The van der Waals surface area contributed by atoms with E-state index in [1.807, 2.05) is 60.7 Å². The number of hydrogen-bond acceptors (Lipinski definition) is 5. The summed E-state index contributed by atoms with van der Waals surface area (Å²) in [5.41, 5.74) is 1.94. The molecule has 4 rings (SSSR count). The van der Waals surface area contributed by atoms with Crippen LogP contribution in [-0.4, -0.2) is 28.5 Å². The van der Waals surface area contributed by atoms with Crippen molar-refractivity contribution in [1.82, 2.24) is 10.3 Å². The number of nitrogens with one attached hydrogen (secondary N) is 1. The minimum absolute atomic E-state index is 0.102. The molecule has 2 saturated heterocycles. The van der Waals surface area contributed by atoms with Crippen molar-refractivity contribution < 1.29 is 9.59 Å². The number of rotatable bonds is 3. The van der Waals surface area contributed by atoms with Crippen LogP contribution in [0.15, 0.2) is 70.9 Å². The van der Waals surface area contributed by atoms with Gasteiger partial charge in [-0.05, 0) is 11.1 Å². The molecule has 0 spiro atoms. The van der Waals surface area contributed by atoms with Crippen molar-refractivity contribution in [1.29, 1.82) is 0 Å². The molecule has 2 amide bonds. The van der Waals surface area contributed by atoms with Gasteiger partial charge in [-0.1, -0.05) is 60.7 Å². The first kappa shape index (κ1) is 17.1. The highest BCUT2D eigenvalue weighted by molar-refractivity contribution is 6.10. The van der Waals surface area contributed by atoms with Crippen molar-refractivity contribution in [2.45, 2.75) is 24.7 Å². The molecule has 0 aromatic heterocycles. The van der Waals surface area contributed by atoms with E-state index in [2.05, 4.69) is 15.5 Å². The maximum absolute atomic E-state index is 12.1. The van der Waals surface area contributed by atoms with Crippen LogP contribution >= 0.6 is 0 Å². The third kappa shape index (κ3) is 3.37. The van der Waals surface area contributed by atoms with Crippen molar-refractivity contribution in [3.05, 3.63) is 71.8 Å². The van der Waals surface area contributed by atoms with Gasteiger partial charge < -0.3 is 5.32 Å². The molecule has 2 aromatic carbocycles. The molecule has 7 nitrogen and oxygen atoms in total. The number of benzene rings is 2. The zero-order chi connectivity index (χ0) is 18.8. The molecule has 27 heavy (non-hydrogen) atoms. The van der Waals surface area contributed by atoms with Gasteiger partial charge in [-0.15, -0.1) is 10.2 Å². The average molecular weight is 361 g/mol. The zero-order valence-corrected chi connectivity index (χ0v) is 14.6. The Kier molecular flexibility index (Phi) is 4.52. The van der Waals surface area contributed by atoms with E-state index in [0.29, 0.717) is 18.1 Å². The number of amides is 2. The van der Waals surface area contributed by atoms with Crippen LogP contribution in [0, 0.1) is 0 Å². The summed E-state index contributed by atoms with van der Waals surface area (Å²) in [6, 6.07) is 19.3. The summed E-state index contributed by atoms with van der Waals surface area (Å²) >= 11 is 0. The van der Waals surface area contributed by atoms with E-state index in [4.69, 9.17) is 5.84 Å². The molecule has 2 heterocycles. The van der Waals surface area contributed by atoms with Crippen molar-refractivity contribution in [3.8, 4) is 0 Å². The molecule has 2 atom stereocenters. The standard InChI is InChI=1S/C20H19N5O2/c21-25-18(27)12-16(14-9-5-2-6-10-14)20(25)24-23-19-15(11-17(26)22-19)13-7-3-1-4-8-13/h1-10,15-16H,11-12,21H2,(H,22,23,26)/b24-20+. The van der Waals surface area contributed by atoms with E-state index >= 15 is 0 Å². The van der Waals surface area contributed by atoms with Crippen molar-refractivity contribution in [2.24, 2.45) is 16.0 Å². The fourth-order valence-electron chi connectivity index (χ4n) is 3.45. The Morgan fingerprint density at radius 2 is 1.44 bits per heavy atom. The van der Waals surface area contributed by atoms with E-state index in [-0.39, 0.29) is 30.1 Å². The van der Waals surface area contributed by atoms with E-state index in [9.17, 15) is 9.59 Å². The minimum atomic E-state index is -0.250. The highest BCUT2D eigenvalue weighted by Gasteiger charge is 2.37. The first-order chi connectivity index (χ1) is 13.1. The lowest BCUT2D eigenvalue weighted by Crippen LogP contribution is -2.37. The Bertz CT molecular complexity index is 924. The maximum Gasteiger partial charge on any atom is 0.243 e. The predicted octanol–water partition coefficient (Wildman–Crippen LogP) is 1.89. The molecule has 0 radical (unpaired) electrons. The van der Waals surface area contributed by atoms with Gasteiger partial charge in [0.05, 0.1) is 11.8 Å². The second-order valence-corrected chi connectivity index (χ2v) is 6.59.